The Morgan fingerprint density at radius 1 is 0.938 bits per heavy atom. The molecular formula is C29H52N2O. The van der Waals surface area contributed by atoms with Gasteiger partial charge in [-0.2, -0.15) is 4.91 Å². The summed E-state index contributed by atoms with van der Waals surface area (Å²) in [5.74, 6) is 6.33. The van der Waals surface area contributed by atoms with Gasteiger partial charge in [-0.1, -0.05) is 46.2 Å². The number of nitrogens with two attached hydrogens (primary N) is 1. The van der Waals surface area contributed by atoms with Gasteiger partial charge >= 0.3 is 0 Å². The minimum Gasteiger partial charge on any atom is -0.327 e. The fourth-order valence-electron chi connectivity index (χ4n) is 8.86. The Balaban J connectivity index is 0.000000860. The van der Waals surface area contributed by atoms with Gasteiger partial charge in [0.1, 0.15) is 0 Å². The maximum atomic E-state index is 11.1. The van der Waals surface area contributed by atoms with Gasteiger partial charge in [-0.3, -0.25) is 0 Å². The third kappa shape index (κ3) is 5.27. The predicted molar refractivity (Wildman–Crippen MR) is 138 cm³/mol. The summed E-state index contributed by atoms with van der Waals surface area (Å²) in [6.07, 6.45) is 23.9. The molecule has 0 amide bonds. The first kappa shape index (κ1) is 27.4. The minimum atomic E-state index is 0.0615. The van der Waals surface area contributed by atoms with Gasteiger partial charge in [0.2, 0.25) is 0 Å². The summed E-state index contributed by atoms with van der Waals surface area (Å²) < 4.78 is 0. The van der Waals surface area contributed by atoms with Crippen molar-refractivity contribution in [1.29, 1.82) is 0 Å². The summed E-state index contributed by atoms with van der Waals surface area (Å²) in [7, 11) is 0. The molecule has 3 nitrogen and oxygen atoms in total. The highest BCUT2D eigenvalue weighted by Gasteiger charge is 2.57. The number of rotatable bonds is 6. The Morgan fingerprint density at radius 3 is 2.25 bits per heavy atom. The fraction of sp³-hybridized carbons (Fsp3) is 0.931. The average Bonchev–Trinajstić information content (AvgIpc) is 3.21. The minimum absolute atomic E-state index is 0.0615. The van der Waals surface area contributed by atoms with Gasteiger partial charge in [-0.15, -0.1) is 12.8 Å². The number of fused-ring (bicyclic) bond motifs is 5. The van der Waals surface area contributed by atoms with E-state index in [1.54, 1.807) is 0 Å². The van der Waals surface area contributed by atoms with Gasteiger partial charge in [-0.25, -0.2) is 0 Å². The molecule has 0 aromatic carbocycles. The van der Waals surface area contributed by atoms with E-state index < -0.39 is 0 Å². The zero-order chi connectivity index (χ0) is 23.9. The van der Waals surface area contributed by atoms with Crippen molar-refractivity contribution in [3.8, 4) is 12.8 Å². The van der Waals surface area contributed by atoms with Crippen molar-refractivity contribution in [2.24, 2.45) is 57.8 Å². The fourth-order valence-corrected chi connectivity index (χ4v) is 8.86. The molecular weight excluding hydrogens is 392 g/mol. The van der Waals surface area contributed by atoms with E-state index in [1.807, 2.05) is 13.8 Å². The molecule has 0 heterocycles. The standard InChI is InChI=1S/C25H44N2O.C2H6.C2H2/c1-4-18(27-28)15-16-6-8-19-17(14-16)7-9-21-20(19)12-13-25(3)22(21)10-11-23(25)24(26)5-2;2*1-2/h16-24H,4-15,26H2,1-3H3;1-2H3;1-2H. The molecule has 0 aromatic heterocycles. The lowest BCUT2D eigenvalue weighted by Crippen LogP contribution is -2.50. The molecule has 4 fully saturated rings. The van der Waals surface area contributed by atoms with Crippen LogP contribution in [0.3, 0.4) is 0 Å². The molecule has 4 aliphatic carbocycles. The monoisotopic (exact) mass is 444 g/mol. The molecule has 0 saturated heterocycles. The zero-order valence-electron chi connectivity index (χ0n) is 21.8. The summed E-state index contributed by atoms with van der Waals surface area (Å²) in [6, 6.07) is 0.475. The first-order valence-corrected chi connectivity index (χ1v) is 13.9. The first-order valence-electron chi connectivity index (χ1n) is 13.9. The molecule has 4 aliphatic rings. The molecule has 10 unspecified atom stereocenters. The summed E-state index contributed by atoms with van der Waals surface area (Å²) in [4.78, 5) is 11.1. The summed E-state index contributed by atoms with van der Waals surface area (Å²) >= 11 is 0. The third-order valence-corrected chi connectivity index (χ3v) is 10.4. The van der Waals surface area contributed by atoms with E-state index in [-0.39, 0.29) is 6.04 Å². The quantitative estimate of drug-likeness (QED) is 0.335. The number of hydrogen-bond acceptors (Lipinski definition) is 3. The number of terminal acetylenes is 1. The number of nitrogens with zero attached hydrogens (tertiary/aromatic N) is 1. The molecule has 0 aromatic rings. The lowest BCUT2D eigenvalue weighted by Gasteiger charge is -2.57. The van der Waals surface area contributed by atoms with Crippen LogP contribution in [0.2, 0.25) is 0 Å². The molecule has 0 radical (unpaired) electrons. The van der Waals surface area contributed by atoms with E-state index in [0.717, 1.165) is 60.7 Å². The van der Waals surface area contributed by atoms with Crippen LogP contribution in [-0.2, 0) is 0 Å². The first-order chi connectivity index (χ1) is 15.5. The van der Waals surface area contributed by atoms with Gasteiger partial charge < -0.3 is 5.73 Å². The Kier molecular flexibility index (Phi) is 10.7. The van der Waals surface area contributed by atoms with Crippen LogP contribution in [-0.4, -0.2) is 12.1 Å². The lowest BCUT2D eigenvalue weighted by molar-refractivity contribution is -0.0712. The van der Waals surface area contributed by atoms with Gasteiger partial charge in [0.25, 0.3) is 0 Å². The largest absolute Gasteiger partial charge is 0.327 e. The molecule has 4 saturated carbocycles. The maximum Gasteiger partial charge on any atom is 0.0919 e. The molecule has 4 rings (SSSR count). The third-order valence-electron chi connectivity index (χ3n) is 10.4. The van der Waals surface area contributed by atoms with E-state index in [1.165, 1.54) is 57.8 Å². The second-order valence-corrected chi connectivity index (χ2v) is 11.3. The Labute approximate surface area is 199 Å². The van der Waals surface area contributed by atoms with E-state index in [2.05, 4.69) is 38.8 Å². The van der Waals surface area contributed by atoms with Crippen LogP contribution in [0.4, 0.5) is 0 Å². The molecule has 10 atom stereocenters. The van der Waals surface area contributed by atoms with Gasteiger partial charge in [0.05, 0.1) is 6.04 Å². The summed E-state index contributed by atoms with van der Waals surface area (Å²) in [5, 5.41) is 3.38. The smallest absolute Gasteiger partial charge is 0.0919 e. The molecule has 0 aliphatic heterocycles. The molecule has 32 heavy (non-hydrogen) atoms. The van der Waals surface area contributed by atoms with Crippen LogP contribution >= 0.6 is 0 Å². The molecule has 0 spiro atoms. The van der Waals surface area contributed by atoms with Gasteiger partial charge in [0, 0.05) is 6.04 Å². The Hall–Kier alpha value is -0.880. The highest BCUT2D eigenvalue weighted by molar-refractivity contribution is 5.07. The van der Waals surface area contributed by atoms with E-state index in [4.69, 9.17) is 5.73 Å². The van der Waals surface area contributed by atoms with E-state index in [0.29, 0.717) is 11.5 Å². The van der Waals surface area contributed by atoms with Crippen LogP contribution in [0.1, 0.15) is 112 Å². The van der Waals surface area contributed by atoms with Crippen LogP contribution < -0.4 is 5.73 Å². The van der Waals surface area contributed by atoms with Crippen LogP contribution in [0, 0.1) is 64.6 Å². The van der Waals surface area contributed by atoms with Crippen molar-refractivity contribution in [3.63, 3.8) is 0 Å². The van der Waals surface area contributed by atoms with Crippen molar-refractivity contribution >= 4 is 0 Å². The molecule has 2 N–H and O–H groups in total. The molecule has 0 bridgehead atoms. The highest BCUT2D eigenvalue weighted by Crippen LogP contribution is 2.65. The van der Waals surface area contributed by atoms with Crippen molar-refractivity contribution in [1.82, 2.24) is 0 Å². The van der Waals surface area contributed by atoms with Gasteiger partial charge in [0.15, 0.2) is 0 Å². The summed E-state index contributed by atoms with van der Waals surface area (Å²) in [5.41, 5.74) is 7.11. The van der Waals surface area contributed by atoms with Crippen molar-refractivity contribution < 1.29 is 0 Å². The molecule has 3 heteroatoms. The van der Waals surface area contributed by atoms with Crippen LogP contribution in [0.5, 0.6) is 0 Å². The zero-order valence-corrected chi connectivity index (χ0v) is 21.8. The van der Waals surface area contributed by atoms with Gasteiger partial charge in [-0.05, 0) is 117 Å². The van der Waals surface area contributed by atoms with E-state index in [9.17, 15) is 4.91 Å². The number of nitroso groups, excluding NO2 is 1. The van der Waals surface area contributed by atoms with Crippen LogP contribution in [0.25, 0.3) is 0 Å². The highest BCUT2D eigenvalue weighted by atomic mass is 16.3. The van der Waals surface area contributed by atoms with Crippen molar-refractivity contribution in [2.75, 3.05) is 0 Å². The average molecular weight is 445 g/mol. The topological polar surface area (TPSA) is 55.4 Å². The predicted octanol–water partition coefficient (Wildman–Crippen LogP) is 7.82. The van der Waals surface area contributed by atoms with Crippen molar-refractivity contribution in [2.45, 2.75) is 124 Å². The van der Waals surface area contributed by atoms with Crippen molar-refractivity contribution in [3.05, 3.63) is 4.91 Å². The second kappa shape index (κ2) is 12.5. The SMILES string of the molecule is C#C.CC.CCC(CC1CCC2C(CCC3C2CCC2(C)C(C(N)CC)CCC32)C1)N=O. The Bertz CT molecular complexity index is 589. The number of hydrogen-bond donors (Lipinski definition) is 1. The second-order valence-electron chi connectivity index (χ2n) is 11.3. The lowest BCUT2D eigenvalue weighted by atomic mass is 9.49. The van der Waals surface area contributed by atoms with E-state index >= 15 is 0 Å². The normalized spacial score (nSPS) is 41.8. The maximum absolute atomic E-state index is 11.1. The molecule has 184 valence electrons. The summed E-state index contributed by atoms with van der Waals surface area (Å²) in [6.45, 7) is 11.0. The Morgan fingerprint density at radius 2 is 1.62 bits per heavy atom. The van der Waals surface area contributed by atoms with Crippen LogP contribution in [0.15, 0.2) is 5.18 Å².